The fraction of sp³-hybridized carbons (Fsp3) is 0.562. The third-order valence-electron chi connectivity index (χ3n) is 3.63. The van der Waals surface area contributed by atoms with Crippen molar-refractivity contribution in [3.05, 3.63) is 24.3 Å². The molecule has 1 aromatic rings. The van der Waals surface area contributed by atoms with E-state index < -0.39 is 0 Å². The highest BCUT2D eigenvalue weighted by molar-refractivity contribution is 5.78. The van der Waals surface area contributed by atoms with Crippen molar-refractivity contribution in [1.29, 1.82) is 0 Å². The molecule has 0 aliphatic carbocycles. The number of ether oxygens (including phenoxy) is 2. The topological polar surface area (TPSA) is 50.8 Å². The number of likely N-dealkylation sites (tertiary alicyclic amines) is 1. The van der Waals surface area contributed by atoms with Crippen molar-refractivity contribution in [2.24, 2.45) is 0 Å². The lowest BCUT2D eigenvalue weighted by molar-refractivity contribution is -0.134. The van der Waals surface area contributed by atoms with E-state index >= 15 is 0 Å². The van der Waals surface area contributed by atoms with Gasteiger partial charge in [0.25, 0.3) is 5.91 Å². The molecule has 2 rings (SSSR count). The van der Waals surface area contributed by atoms with E-state index in [9.17, 15) is 4.79 Å². The van der Waals surface area contributed by atoms with Crippen LogP contribution in [0, 0.1) is 0 Å². The van der Waals surface area contributed by atoms with Crippen LogP contribution in [0.25, 0.3) is 0 Å². The van der Waals surface area contributed by atoms with Crippen LogP contribution in [0.3, 0.4) is 0 Å². The van der Waals surface area contributed by atoms with Crippen LogP contribution < -0.4 is 14.8 Å². The number of rotatable bonds is 7. The molecule has 1 aliphatic heterocycles. The van der Waals surface area contributed by atoms with Gasteiger partial charge in [-0.1, -0.05) is 0 Å². The number of carbonyl (C=O) groups excluding carboxylic acids is 1. The van der Waals surface area contributed by atoms with Gasteiger partial charge in [0.05, 0.1) is 6.61 Å². The third kappa shape index (κ3) is 4.36. The molecule has 0 radical (unpaired) electrons. The van der Waals surface area contributed by atoms with Crippen LogP contribution in [0.2, 0.25) is 0 Å². The third-order valence-corrected chi connectivity index (χ3v) is 3.63. The lowest BCUT2D eigenvalue weighted by Crippen LogP contribution is -2.43. The molecule has 1 saturated heterocycles. The lowest BCUT2D eigenvalue weighted by Gasteiger charge is -2.24. The van der Waals surface area contributed by atoms with E-state index in [0.29, 0.717) is 18.4 Å². The van der Waals surface area contributed by atoms with Crippen LogP contribution in [-0.2, 0) is 4.79 Å². The maximum absolute atomic E-state index is 12.2. The van der Waals surface area contributed by atoms with Gasteiger partial charge in [0.2, 0.25) is 0 Å². The number of nitrogens with zero attached hydrogens (tertiary/aromatic N) is 1. The molecule has 1 unspecified atom stereocenters. The first-order valence-electron chi connectivity index (χ1n) is 7.54. The van der Waals surface area contributed by atoms with Gasteiger partial charge in [-0.25, -0.2) is 0 Å². The van der Waals surface area contributed by atoms with Gasteiger partial charge in [0.15, 0.2) is 6.61 Å². The highest BCUT2D eigenvalue weighted by atomic mass is 16.5. The summed E-state index contributed by atoms with van der Waals surface area (Å²) in [6.07, 6.45) is 2.14. The Bertz CT molecular complexity index is 447. The first-order chi connectivity index (χ1) is 10.2. The second-order valence-electron chi connectivity index (χ2n) is 5.13. The molecule has 5 heteroatoms. The number of benzene rings is 1. The number of amides is 1. The number of carbonyl (C=O) groups is 1. The van der Waals surface area contributed by atoms with Crippen molar-refractivity contribution in [1.82, 2.24) is 10.2 Å². The summed E-state index contributed by atoms with van der Waals surface area (Å²) in [5, 5.41) is 3.14. The molecule has 5 nitrogen and oxygen atoms in total. The Hall–Kier alpha value is -1.75. The van der Waals surface area contributed by atoms with Gasteiger partial charge in [-0.15, -0.1) is 0 Å². The second kappa shape index (κ2) is 7.88. The first kappa shape index (κ1) is 15.6. The Morgan fingerprint density at radius 2 is 1.95 bits per heavy atom. The molecular weight excluding hydrogens is 268 g/mol. The van der Waals surface area contributed by atoms with Gasteiger partial charge >= 0.3 is 0 Å². The van der Waals surface area contributed by atoms with E-state index in [2.05, 4.69) is 5.32 Å². The van der Waals surface area contributed by atoms with Gasteiger partial charge in [-0.05, 0) is 51.1 Å². The second-order valence-corrected chi connectivity index (χ2v) is 5.13. The standard InChI is InChI=1S/C16H24N2O3/c1-3-20-14-6-8-15(9-7-14)21-12-16(19)18-10-4-5-13(18)11-17-2/h6-9,13,17H,3-5,10-12H2,1-2H3. The molecule has 1 atom stereocenters. The maximum Gasteiger partial charge on any atom is 0.260 e. The van der Waals surface area contributed by atoms with E-state index in [1.807, 2.05) is 43.1 Å². The fourth-order valence-electron chi connectivity index (χ4n) is 2.64. The number of likely N-dealkylation sites (N-methyl/N-ethyl adjacent to an activating group) is 1. The molecule has 1 fully saturated rings. The minimum Gasteiger partial charge on any atom is -0.494 e. The summed E-state index contributed by atoms with van der Waals surface area (Å²) in [6, 6.07) is 7.65. The van der Waals surface area contributed by atoms with Crippen LogP contribution in [0.15, 0.2) is 24.3 Å². The molecule has 0 spiro atoms. The van der Waals surface area contributed by atoms with Crippen LogP contribution >= 0.6 is 0 Å². The van der Waals surface area contributed by atoms with Crippen molar-refractivity contribution in [2.45, 2.75) is 25.8 Å². The number of hydrogen-bond donors (Lipinski definition) is 1. The predicted molar refractivity (Wildman–Crippen MR) is 81.8 cm³/mol. The summed E-state index contributed by atoms with van der Waals surface area (Å²) in [5.41, 5.74) is 0. The average molecular weight is 292 g/mol. The molecule has 1 amide bonds. The van der Waals surface area contributed by atoms with Crippen LogP contribution in [0.5, 0.6) is 11.5 Å². The Balaban J connectivity index is 1.83. The van der Waals surface area contributed by atoms with E-state index in [4.69, 9.17) is 9.47 Å². The molecule has 1 heterocycles. The van der Waals surface area contributed by atoms with Gasteiger partial charge in [0, 0.05) is 19.1 Å². The van der Waals surface area contributed by atoms with Crippen molar-refractivity contribution < 1.29 is 14.3 Å². The molecule has 1 N–H and O–H groups in total. The highest BCUT2D eigenvalue weighted by Gasteiger charge is 2.28. The van der Waals surface area contributed by atoms with Gasteiger partial charge in [0.1, 0.15) is 11.5 Å². The Morgan fingerprint density at radius 1 is 1.29 bits per heavy atom. The largest absolute Gasteiger partial charge is 0.494 e. The van der Waals surface area contributed by atoms with E-state index in [-0.39, 0.29) is 12.5 Å². The average Bonchev–Trinajstić information content (AvgIpc) is 2.95. The molecule has 0 aromatic heterocycles. The van der Waals surface area contributed by atoms with Crippen molar-refractivity contribution >= 4 is 5.91 Å². The van der Waals surface area contributed by atoms with Crippen LogP contribution in [-0.4, -0.2) is 50.2 Å². The van der Waals surface area contributed by atoms with Gasteiger partial charge in [-0.2, -0.15) is 0 Å². The van der Waals surface area contributed by atoms with Crippen molar-refractivity contribution in [2.75, 3.05) is 33.4 Å². The summed E-state index contributed by atoms with van der Waals surface area (Å²) in [7, 11) is 1.91. The van der Waals surface area contributed by atoms with E-state index in [1.165, 1.54) is 0 Å². The van der Waals surface area contributed by atoms with Crippen molar-refractivity contribution in [3.8, 4) is 11.5 Å². The zero-order chi connectivity index (χ0) is 15.1. The zero-order valence-electron chi connectivity index (χ0n) is 12.8. The summed E-state index contributed by atoms with van der Waals surface area (Å²) in [5.74, 6) is 1.56. The molecule has 116 valence electrons. The minimum atomic E-state index is 0.0571. The van der Waals surface area contributed by atoms with Gasteiger partial charge in [-0.3, -0.25) is 4.79 Å². The summed E-state index contributed by atoms with van der Waals surface area (Å²) < 4.78 is 10.9. The van der Waals surface area contributed by atoms with E-state index in [1.54, 1.807) is 0 Å². The Kier molecular flexibility index (Phi) is 5.87. The van der Waals surface area contributed by atoms with Crippen LogP contribution in [0.1, 0.15) is 19.8 Å². The molecule has 0 bridgehead atoms. The molecule has 1 aliphatic rings. The van der Waals surface area contributed by atoms with Crippen LogP contribution in [0.4, 0.5) is 0 Å². The predicted octanol–water partition coefficient (Wildman–Crippen LogP) is 1.67. The monoisotopic (exact) mass is 292 g/mol. The number of hydrogen-bond acceptors (Lipinski definition) is 4. The summed E-state index contributed by atoms with van der Waals surface area (Å²) in [4.78, 5) is 14.1. The maximum atomic E-state index is 12.2. The first-order valence-corrected chi connectivity index (χ1v) is 7.54. The molecule has 1 aromatic carbocycles. The highest BCUT2D eigenvalue weighted by Crippen LogP contribution is 2.19. The number of nitrogens with one attached hydrogen (secondary N) is 1. The summed E-state index contributed by atoms with van der Waals surface area (Å²) >= 11 is 0. The smallest absolute Gasteiger partial charge is 0.260 e. The van der Waals surface area contributed by atoms with E-state index in [0.717, 1.165) is 31.7 Å². The van der Waals surface area contributed by atoms with Gasteiger partial charge < -0.3 is 19.7 Å². The quantitative estimate of drug-likeness (QED) is 0.830. The van der Waals surface area contributed by atoms with Crippen molar-refractivity contribution in [3.63, 3.8) is 0 Å². The molecular formula is C16H24N2O3. The fourth-order valence-corrected chi connectivity index (χ4v) is 2.64. The summed E-state index contributed by atoms with van der Waals surface area (Å²) in [6.45, 7) is 4.35. The normalized spacial score (nSPS) is 17.8. The molecule has 21 heavy (non-hydrogen) atoms. The molecule has 0 saturated carbocycles. The Morgan fingerprint density at radius 3 is 2.57 bits per heavy atom. The minimum absolute atomic E-state index is 0.0571. The lowest BCUT2D eigenvalue weighted by atomic mass is 10.2. The zero-order valence-corrected chi connectivity index (χ0v) is 12.8. The Labute approximate surface area is 126 Å². The SMILES string of the molecule is CCOc1ccc(OCC(=O)N2CCCC2CNC)cc1.